The van der Waals surface area contributed by atoms with E-state index in [2.05, 4.69) is 50.9 Å². The van der Waals surface area contributed by atoms with E-state index in [0.717, 1.165) is 28.6 Å². The highest BCUT2D eigenvalue weighted by molar-refractivity contribution is 6.01. The third-order valence-electron chi connectivity index (χ3n) is 7.70. The lowest BCUT2D eigenvalue weighted by Gasteiger charge is -2.45. The van der Waals surface area contributed by atoms with Crippen molar-refractivity contribution in [2.24, 2.45) is 4.99 Å². The van der Waals surface area contributed by atoms with Crippen molar-refractivity contribution in [2.75, 3.05) is 11.9 Å². The summed E-state index contributed by atoms with van der Waals surface area (Å²) in [5.41, 5.74) is 3.74. The topological polar surface area (TPSA) is 51.1 Å². The first kappa shape index (κ1) is 22.4. The summed E-state index contributed by atoms with van der Waals surface area (Å²) in [6.45, 7) is 6.47. The van der Waals surface area contributed by atoms with Gasteiger partial charge in [-0.25, -0.2) is 4.79 Å². The van der Waals surface area contributed by atoms with Crippen molar-refractivity contribution in [2.45, 2.75) is 38.3 Å². The van der Waals surface area contributed by atoms with Crippen LogP contribution in [0.4, 0.5) is 11.4 Å². The Morgan fingerprint density at radius 3 is 2.50 bits per heavy atom. The molecule has 0 radical (unpaired) electrons. The van der Waals surface area contributed by atoms with E-state index in [1.54, 1.807) is 12.1 Å². The molecule has 0 aliphatic carbocycles. The average Bonchev–Trinajstić information content (AvgIpc) is 3.06. The number of aliphatic imine (C=N–C) groups is 1. The smallest absolute Gasteiger partial charge is 0.343 e. The molecule has 2 aliphatic rings. The predicted octanol–water partition coefficient (Wildman–Crippen LogP) is 6.84. The Morgan fingerprint density at radius 1 is 1.00 bits per heavy atom. The number of carbonyl (C=O) groups excluding carboxylic acids is 1. The van der Waals surface area contributed by atoms with Crippen molar-refractivity contribution < 1.29 is 14.3 Å². The first-order valence-electron chi connectivity index (χ1n) is 12.3. The maximum Gasteiger partial charge on any atom is 0.343 e. The summed E-state index contributed by atoms with van der Waals surface area (Å²) < 4.78 is 12.5. The van der Waals surface area contributed by atoms with E-state index in [-0.39, 0.29) is 11.4 Å². The number of hydrogen-bond donors (Lipinski definition) is 0. The molecular formula is C31H28N2O3. The van der Waals surface area contributed by atoms with Gasteiger partial charge in [0.2, 0.25) is 5.72 Å². The highest BCUT2D eigenvalue weighted by Gasteiger charge is 2.58. The third-order valence-corrected chi connectivity index (χ3v) is 7.70. The highest BCUT2D eigenvalue weighted by Crippen LogP contribution is 2.54. The molecule has 5 heteroatoms. The molecule has 1 atom stereocenters. The maximum atomic E-state index is 12.7. The Labute approximate surface area is 211 Å². The molecule has 2 heterocycles. The zero-order valence-electron chi connectivity index (χ0n) is 20.9. The zero-order chi connectivity index (χ0) is 25.1. The SMILES string of the molecule is CCc1ccc(C(=O)Oc2ccc3ccc4c(c3c2)N=CC2(O4)N(C)c3ccccc3C2(C)C)cc1. The van der Waals surface area contributed by atoms with E-state index in [0.29, 0.717) is 17.1 Å². The summed E-state index contributed by atoms with van der Waals surface area (Å²) in [7, 11) is 2.05. The number of esters is 1. The summed E-state index contributed by atoms with van der Waals surface area (Å²) in [6, 6.07) is 25.5. The Bertz CT molecular complexity index is 1540. The first-order chi connectivity index (χ1) is 17.3. The van der Waals surface area contributed by atoms with E-state index in [4.69, 9.17) is 14.5 Å². The molecule has 4 aromatic rings. The van der Waals surface area contributed by atoms with Crippen LogP contribution in [-0.4, -0.2) is 25.0 Å². The van der Waals surface area contributed by atoms with Crippen molar-refractivity contribution in [1.82, 2.24) is 0 Å². The van der Waals surface area contributed by atoms with E-state index in [1.165, 1.54) is 11.1 Å². The van der Waals surface area contributed by atoms with E-state index in [1.807, 2.05) is 54.7 Å². The number of hydrogen-bond acceptors (Lipinski definition) is 5. The Balaban J connectivity index is 1.36. The molecule has 0 fully saturated rings. The second-order valence-electron chi connectivity index (χ2n) is 9.99. The fraction of sp³-hybridized carbons (Fsp3) is 0.226. The molecular weight excluding hydrogens is 448 g/mol. The van der Waals surface area contributed by atoms with Crippen LogP contribution in [0.5, 0.6) is 11.5 Å². The van der Waals surface area contributed by atoms with Crippen LogP contribution in [0.1, 0.15) is 42.3 Å². The molecule has 0 amide bonds. The molecule has 2 aliphatic heterocycles. The first-order valence-corrected chi connectivity index (χ1v) is 12.3. The summed E-state index contributed by atoms with van der Waals surface area (Å²) in [6.07, 6.45) is 2.84. The van der Waals surface area contributed by atoms with Gasteiger partial charge in [-0.2, -0.15) is 0 Å². The van der Waals surface area contributed by atoms with Gasteiger partial charge in [0.25, 0.3) is 0 Å². The van der Waals surface area contributed by atoms with Gasteiger partial charge in [-0.15, -0.1) is 0 Å². The van der Waals surface area contributed by atoms with Gasteiger partial charge >= 0.3 is 5.97 Å². The molecule has 6 rings (SSSR count). The zero-order valence-corrected chi connectivity index (χ0v) is 20.9. The Hall–Kier alpha value is -4.12. The lowest BCUT2D eigenvalue weighted by molar-refractivity contribution is 0.0735. The summed E-state index contributed by atoms with van der Waals surface area (Å²) in [4.78, 5) is 19.9. The van der Waals surface area contributed by atoms with Gasteiger partial charge in [-0.3, -0.25) is 4.99 Å². The fourth-order valence-electron chi connectivity index (χ4n) is 5.46. The number of rotatable bonds is 3. The minimum Gasteiger partial charge on any atom is -0.459 e. The molecule has 1 unspecified atom stereocenters. The molecule has 0 aromatic heterocycles. The van der Waals surface area contributed by atoms with Crippen molar-refractivity contribution in [3.05, 3.63) is 95.6 Å². The maximum absolute atomic E-state index is 12.7. The number of carbonyl (C=O) groups is 1. The Morgan fingerprint density at radius 2 is 1.75 bits per heavy atom. The van der Waals surface area contributed by atoms with Gasteiger partial charge in [0.15, 0.2) is 0 Å². The summed E-state index contributed by atoms with van der Waals surface area (Å²) in [5.74, 6) is 0.797. The molecule has 5 nitrogen and oxygen atoms in total. The lowest BCUT2D eigenvalue weighted by Crippen LogP contribution is -2.61. The van der Waals surface area contributed by atoms with Crippen LogP contribution in [0, 0.1) is 0 Å². The second-order valence-corrected chi connectivity index (χ2v) is 9.99. The number of anilines is 1. The number of fused-ring (bicyclic) bond motifs is 4. The summed E-state index contributed by atoms with van der Waals surface area (Å²) in [5, 5.41) is 1.88. The molecule has 4 aromatic carbocycles. The largest absolute Gasteiger partial charge is 0.459 e. The quantitative estimate of drug-likeness (QED) is 0.240. The fourth-order valence-corrected chi connectivity index (χ4v) is 5.46. The number of nitrogens with zero attached hydrogens (tertiary/aromatic N) is 2. The minimum atomic E-state index is -0.744. The van der Waals surface area contributed by atoms with Crippen molar-refractivity contribution >= 4 is 34.3 Å². The highest BCUT2D eigenvalue weighted by atomic mass is 16.5. The molecule has 1 spiro atoms. The number of likely N-dealkylation sites (N-methyl/N-ethyl adjacent to an activating group) is 1. The van der Waals surface area contributed by atoms with Crippen molar-refractivity contribution in [3.8, 4) is 11.5 Å². The molecule has 0 saturated heterocycles. The van der Waals surface area contributed by atoms with Gasteiger partial charge in [-0.05, 0) is 73.2 Å². The van der Waals surface area contributed by atoms with Crippen LogP contribution in [-0.2, 0) is 11.8 Å². The van der Waals surface area contributed by atoms with Gasteiger partial charge in [0, 0.05) is 18.1 Å². The van der Waals surface area contributed by atoms with E-state index in [9.17, 15) is 4.79 Å². The van der Waals surface area contributed by atoms with Gasteiger partial charge in [-0.1, -0.05) is 49.4 Å². The Kier molecular flexibility index (Phi) is 4.94. The molecule has 0 bridgehead atoms. The second kappa shape index (κ2) is 7.95. The third kappa shape index (κ3) is 3.15. The van der Waals surface area contributed by atoms with Crippen LogP contribution >= 0.6 is 0 Å². The standard InChI is InChI=1S/C31H28N2O3/c1-5-20-10-12-22(13-11-20)29(34)35-23-16-14-21-15-17-27-28(24(21)18-23)32-19-31(36-27)30(2,3)25-8-6-7-9-26(25)33(31)4/h6-19H,5H2,1-4H3. The number of para-hydroxylation sites is 1. The van der Waals surface area contributed by atoms with Crippen molar-refractivity contribution in [3.63, 3.8) is 0 Å². The average molecular weight is 477 g/mol. The van der Waals surface area contributed by atoms with Crippen LogP contribution in [0.3, 0.4) is 0 Å². The predicted molar refractivity (Wildman–Crippen MR) is 144 cm³/mol. The molecule has 0 saturated carbocycles. The van der Waals surface area contributed by atoms with Crippen LogP contribution in [0.2, 0.25) is 0 Å². The van der Waals surface area contributed by atoms with Crippen LogP contribution in [0.15, 0.2) is 83.9 Å². The molecule has 180 valence electrons. The van der Waals surface area contributed by atoms with Gasteiger partial charge in [0.1, 0.15) is 17.2 Å². The van der Waals surface area contributed by atoms with E-state index < -0.39 is 5.72 Å². The summed E-state index contributed by atoms with van der Waals surface area (Å²) >= 11 is 0. The molecule has 0 N–H and O–H groups in total. The normalized spacial score (nSPS) is 19.2. The number of aryl methyl sites for hydroxylation is 1. The van der Waals surface area contributed by atoms with Gasteiger partial charge in [0.05, 0.1) is 17.2 Å². The minimum absolute atomic E-state index is 0.320. The van der Waals surface area contributed by atoms with Crippen LogP contribution in [0.25, 0.3) is 10.8 Å². The van der Waals surface area contributed by atoms with Gasteiger partial charge < -0.3 is 14.4 Å². The van der Waals surface area contributed by atoms with Crippen molar-refractivity contribution in [1.29, 1.82) is 0 Å². The molecule has 36 heavy (non-hydrogen) atoms. The monoisotopic (exact) mass is 476 g/mol. The number of benzene rings is 4. The van der Waals surface area contributed by atoms with Crippen LogP contribution < -0.4 is 14.4 Å². The lowest BCUT2D eigenvalue weighted by atomic mass is 9.77. The number of ether oxygens (including phenoxy) is 2. The van der Waals surface area contributed by atoms with E-state index >= 15 is 0 Å².